The summed E-state index contributed by atoms with van der Waals surface area (Å²) in [5, 5.41) is 20.0. The lowest BCUT2D eigenvalue weighted by atomic mass is 9.89. The lowest BCUT2D eigenvalue weighted by Crippen LogP contribution is -2.56. The lowest BCUT2D eigenvalue weighted by molar-refractivity contribution is -0.255. The number of quaternary nitrogens is 1. The van der Waals surface area contributed by atoms with E-state index in [0.29, 0.717) is 16.5 Å². The van der Waals surface area contributed by atoms with Crippen molar-refractivity contribution < 1.29 is 30.0 Å². The Kier molecular flexibility index (Phi) is 3.94. The van der Waals surface area contributed by atoms with Gasteiger partial charge >= 0.3 is 11.9 Å². The summed E-state index contributed by atoms with van der Waals surface area (Å²) in [6.07, 6.45) is 0. The number of carboxylic acid groups (broad SMARTS) is 1. The first kappa shape index (κ1) is 17.4. The molecule has 138 valence electrons. The van der Waals surface area contributed by atoms with Crippen LogP contribution in [0.3, 0.4) is 0 Å². The maximum atomic E-state index is 11.8. The van der Waals surface area contributed by atoms with Gasteiger partial charge in [0.15, 0.2) is 5.43 Å². The van der Waals surface area contributed by atoms with Gasteiger partial charge in [0.2, 0.25) is 0 Å². The van der Waals surface area contributed by atoms with Crippen LogP contribution < -0.4 is 11.2 Å². The Hall–Kier alpha value is -3.97. The molecule has 7 heteroatoms. The molecule has 0 aromatic heterocycles. The van der Waals surface area contributed by atoms with Gasteiger partial charge in [-0.3, -0.25) is 10.5 Å². The smallest absolute Gasteiger partial charge is 0.341 e. The number of aromatic hydroxyl groups is 1. The second-order valence-electron chi connectivity index (χ2n) is 6.30. The molecule has 0 bridgehead atoms. The number of carbonyl (C=O) groups excluding carboxylic acids is 1. The number of phenolic OH excluding ortho intramolecular Hbond substituents is 1. The molecule has 0 fully saturated rings. The highest BCUT2D eigenvalue weighted by Gasteiger charge is 2.23. The zero-order valence-electron chi connectivity index (χ0n) is 14.4. The number of benzene rings is 3. The number of hydrogen-bond donors (Lipinski definition) is 3. The Bertz CT molecular complexity index is 1300. The van der Waals surface area contributed by atoms with Crippen molar-refractivity contribution in [1.82, 2.24) is 0 Å². The Morgan fingerprint density at radius 2 is 1.71 bits per heavy atom. The van der Waals surface area contributed by atoms with Crippen LogP contribution in [-0.2, 0) is 0 Å². The van der Waals surface area contributed by atoms with Gasteiger partial charge in [0.1, 0.15) is 17.1 Å². The highest BCUT2D eigenvalue weighted by Crippen LogP contribution is 2.42. The van der Waals surface area contributed by atoms with E-state index in [1.54, 1.807) is 12.1 Å². The number of carboxylic acids is 1. The zero-order valence-corrected chi connectivity index (χ0v) is 14.4. The molecular weight excluding hydrogens is 362 g/mol. The number of fused-ring (bicyclic) bond motifs is 2. The number of carbonyl (C=O) groups is 2. The third-order valence-electron chi connectivity index (χ3n) is 4.52. The third-order valence-corrected chi connectivity index (χ3v) is 4.52. The van der Waals surface area contributed by atoms with Crippen LogP contribution in [0, 0.1) is 0 Å². The molecule has 1 heterocycles. The van der Waals surface area contributed by atoms with Crippen LogP contribution >= 0.6 is 0 Å². The van der Waals surface area contributed by atoms with Crippen LogP contribution in [0.15, 0.2) is 63.8 Å². The van der Waals surface area contributed by atoms with Crippen LogP contribution in [0.25, 0.3) is 33.4 Å². The van der Waals surface area contributed by atoms with Crippen LogP contribution in [-0.4, -0.2) is 22.1 Å². The highest BCUT2D eigenvalue weighted by atomic mass is 16.4. The van der Waals surface area contributed by atoms with Crippen molar-refractivity contribution in [1.29, 1.82) is 0 Å². The average Bonchev–Trinajstić information content (AvgIpc) is 2.65. The van der Waals surface area contributed by atoms with Crippen molar-refractivity contribution in [3.63, 3.8) is 0 Å². The molecule has 7 nitrogen and oxygen atoms in total. The molecule has 0 spiro atoms. The molecule has 0 atom stereocenters. The molecule has 1 aliphatic heterocycles. The molecule has 0 saturated carbocycles. The summed E-state index contributed by atoms with van der Waals surface area (Å²) in [6, 6.07) is 12.8. The molecule has 0 radical (unpaired) electrons. The summed E-state index contributed by atoms with van der Waals surface area (Å²) >= 11 is 0. The fraction of sp³-hybridized carbons (Fsp3) is 0. The van der Waals surface area contributed by atoms with Gasteiger partial charge in [0.05, 0.1) is 11.1 Å². The number of amides is 1. The molecule has 2 aromatic carbocycles. The minimum Gasteiger partial charge on any atom is -0.508 e. The molecule has 2 aromatic rings. The zero-order chi connectivity index (χ0) is 20.0. The van der Waals surface area contributed by atoms with Crippen LogP contribution in [0.4, 0.5) is 0 Å². The quantitative estimate of drug-likeness (QED) is 0.470. The molecule has 1 aliphatic carbocycles. The largest absolute Gasteiger partial charge is 0.508 e. The van der Waals surface area contributed by atoms with E-state index in [1.807, 2.05) is 0 Å². The maximum Gasteiger partial charge on any atom is 0.341 e. The van der Waals surface area contributed by atoms with Gasteiger partial charge in [0.25, 0.3) is 0 Å². The predicted octanol–water partition coefficient (Wildman–Crippen LogP) is 2.35. The van der Waals surface area contributed by atoms with Crippen molar-refractivity contribution in [2.24, 2.45) is 0 Å². The Morgan fingerprint density at radius 3 is 2.43 bits per heavy atom. The highest BCUT2D eigenvalue weighted by molar-refractivity contribution is 6.08. The van der Waals surface area contributed by atoms with Crippen molar-refractivity contribution in [3.05, 3.63) is 75.9 Å². The van der Waals surface area contributed by atoms with Crippen molar-refractivity contribution >= 4 is 22.8 Å². The maximum absolute atomic E-state index is 11.8. The first-order valence-electron chi connectivity index (χ1n) is 8.29. The van der Waals surface area contributed by atoms with E-state index >= 15 is 0 Å². The van der Waals surface area contributed by atoms with Gasteiger partial charge in [-0.2, -0.15) is 0 Å². The van der Waals surface area contributed by atoms with E-state index in [0.717, 1.165) is 0 Å². The summed E-state index contributed by atoms with van der Waals surface area (Å²) in [5.74, 6) is -1.42. The number of hydrogen-bond acceptors (Lipinski definition) is 5. The Balaban J connectivity index is 2.22. The first-order valence-corrected chi connectivity index (χ1v) is 8.29. The summed E-state index contributed by atoms with van der Waals surface area (Å²) in [5.41, 5.74) is 4.90. The summed E-state index contributed by atoms with van der Waals surface area (Å²) < 4.78 is 5.76. The fourth-order valence-corrected chi connectivity index (χ4v) is 3.26. The summed E-state index contributed by atoms with van der Waals surface area (Å²) in [6.45, 7) is 0. The van der Waals surface area contributed by atoms with Gasteiger partial charge in [-0.05, 0) is 48.0 Å². The monoisotopic (exact) mass is 376 g/mol. The number of aromatic carboxylic acids is 1. The Labute approximate surface area is 157 Å². The van der Waals surface area contributed by atoms with Gasteiger partial charge in [-0.25, -0.2) is 9.59 Å². The second-order valence-corrected chi connectivity index (χ2v) is 6.30. The first-order chi connectivity index (χ1) is 13.3. The second kappa shape index (κ2) is 6.33. The van der Waals surface area contributed by atoms with Crippen molar-refractivity contribution in [2.45, 2.75) is 0 Å². The van der Waals surface area contributed by atoms with E-state index in [2.05, 4.69) is 5.73 Å². The molecule has 4 rings (SSSR count). The molecular formula is C21H14NO6+. The van der Waals surface area contributed by atoms with Crippen LogP contribution in [0.2, 0.25) is 0 Å². The Morgan fingerprint density at radius 1 is 0.929 bits per heavy atom. The van der Waals surface area contributed by atoms with E-state index < -0.39 is 11.9 Å². The van der Waals surface area contributed by atoms with Crippen molar-refractivity contribution in [2.75, 3.05) is 0 Å². The molecule has 2 aliphatic rings. The third kappa shape index (κ3) is 2.80. The molecule has 1 amide bonds. The van der Waals surface area contributed by atoms with Gasteiger partial charge < -0.3 is 14.6 Å². The average molecular weight is 376 g/mol. The minimum absolute atomic E-state index is 0.0157. The van der Waals surface area contributed by atoms with Crippen LogP contribution in [0.5, 0.6) is 5.75 Å². The molecule has 28 heavy (non-hydrogen) atoms. The number of phenols is 1. The molecule has 0 unspecified atom stereocenters. The standard InChI is InChI=1S/C21H13NO6/c22-20(25)10-1-4-13(21(26)27)16(7-10)19-14-5-2-11(23)8-17(14)28-18-9-12(24)3-6-15(18)19/h1-9,23H,(H2,22,25)(H,26,27)/p+1. The van der Waals surface area contributed by atoms with Crippen molar-refractivity contribution in [3.8, 4) is 28.2 Å². The summed E-state index contributed by atoms with van der Waals surface area (Å²) in [4.78, 5) is 35.4. The minimum atomic E-state index is -1.17. The molecule has 5 N–H and O–H groups in total. The van der Waals surface area contributed by atoms with Gasteiger partial charge in [-0.1, -0.05) is 0 Å². The van der Waals surface area contributed by atoms with E-state index in [9.17, 15) is 24.6 Å². The predicted molar refractivity (Wildman–Crippen MR) is 100 cm³/mol. The number of rotatable bonds is 3. The van der Waals surface area contributed by atoms with Gasteiger partial charge in [0, 0.05) is 28.6 Å². The van der Waals surface area contributed by atoms with E-state index in [-0.39, 0.29) is 39.2 Å². The normalized spacial score (nSPS) is 11.0. The van der Waals surface area contributed by atoms with Crippen LogP contribution in [0.1, 0.15) is 20.7 Å². The lowest BCUT2D eigenvalue weighted by Gasteiger charge is -2.17. The fourth-order valence-electron chi connectivity index (χ4n) is 3.26. The van der Waals surface area contributed by atoms with Gasteiger partial charge in [-0.15, -0.1) is 0 Å². The molecule has 0 saturated heterocycles. The van der Waals surface area contributed by atoms with E-state index in [4.69, 9.17) is 4.42 Å². The van der Waals surface area contributed by atoms with E-state index in [1.165, 1.54) is 42.5 Å². The topological polar surface area (TPSA) is 132 Å². The SMILES string of the molecule is [NH3+]C(=O)c1ccc(C(=O)O)c(-c2c3ccc(=O)cc-3oc3cc(O)ccc23)c1. The summed E-state index contributed by atoms with van der Waals surface area (Å²) in [7, 11) is 0.